The molecule has 1 fully saturated rings. The normalized spacial score (nSPS) is 19.3. The highest BCUT2D eigenvalue weighted by atomic mass is 16.5. The van der Waals surface area contributed by atoms with Crippen LogP contribution in [-0.4, -0.2) is 51.9 Å². The predicted octanol–water partition coefficient (Wildman–Crippen LogP) is 3.86. The molecule has 1 aliphatic carbocycles. The van der Waals surface area contributed by atoms with Crippen molar-refractivity contribution in [2.24, 2.45) is 0 Å². The number of hydrogen-bond acceptors (Lipinski definition) is 7. The van der Waals surface area contributed by atoms with Crippen molar-refractivity contribution >= 4 is 5.91 Å². The SMILES string of the molecule is CC(C)Oc1ccc(-c2nc(-c3cccc4c3CCC[C@]43CC(=O)N(CCO)C3)no2)cc1C#N. The van der Waals surface area contributed by atoms with Gasteiger partial charge in [0.2, 0.25) is 11.7 Å². The summed E-state index contributed by atoms with van der Waals surface area (Å²) < 4.78 is 11.3. The summed E-state index contributed by atoms with van der Waals surface area (Å²) in [5, 5.41) is 23.2. The maximum absolute atomic E-state index is 12.6. The number of rotatable bonds is 6. The van der Waals surface area contributed by atoms with Gasteiger partial charge in [-0.05, 0) is 62.4 Å². The van der Waals surface area contributed by atoms with E-state index >= 15 is 0 Å². The van der Waals surface area contributed by atoms with Gasteiger partial charge in [0.05, 0.1) is 18.3 Å². The van der Waals surface area contributed by atoms with E-state index in [0.29, 0.717) is 48.1 Å². The van der Waals surface area contributed by atoms with Crippen molar-refractivity contribution in [3.8, 4) is 34.7 Å². The fraction of sp³-hybridized carbons (Fsp3) is 0.407. The van der Waals surface area contributed by atoms with Crippen molar-refractivity contribution in [3.63, 3.8) is 0 Å². The minimum Gasteiger partial charge on any atom is -0.490 e. The first-order valence-corrected chi connectivity index (χ1v) is 12.0. The van der Waals surface area contributed by atoms with Gasteiger partial charge < -0.3 is 19.3 Å². The summed E-state index contributed by atoms with van der Waals surface area (Å²) in [6, 6.07) is 13.5. The molecule has 0 unspecified atom stereocenters. The van der Waals surface area contributed by atoms with Crippen molar-refractivity contribution in [3.05, 3.63) is 53.1 Å². The number of nitrogens with zero attached hydrogens (tertiary/aromatic N) is 4. The van der Waals surface area contributed by atoms with Crippen molar-refractivity contribution in [1.29, 1.82) is 5.26 Å². The van der Waals surface area contributed by atoms with Crippen LogP contribution in [0.4, 0.5) is 0 Å². The molecule has 3 aromatic rings. The monoisotopic (exact) mass is 472 g/mol. The number of carbonyl (C=O) groups is 1. The van der Waals surface area contributed by atoms with Gasteiger partial charge in [-0.1, -0.05) is 23.4 Å². The number of ether oxygens (including phenoxy) is 1. The van der Waals surface area contributed by atoms with Gasteiger partial charge in [-0.25, -0.2) is 0 Å². The second kappa shape index (κ2) is 9.16. The van der Waals surface area contributed by atoms with E-state index in [1.165, 1.54) is 5.56 Å². The summed E-state index contributed by atoms with van der Waals surface area (Å²) in [4.78, 5) is 19.1. The molecule has 0 saturated carbocycles. The minimum absolute atomic E-state index is 0.0293. The van der Waals surface area contributed by atoms with E-state index in [1.807, 2.05) is 32.0 Å². The van der Waals surface area contributed by atoms with Crippen molar-refractivity contribution in [2.45, 2.75) is 51.0 Å². The highest BCUT2D eigenvalue weighted by molar-refractivity contribution is 5.82. The summed E-state index contributed by atoms with van der Waals surface area (Å²) in [5.74, 6) is 1.44. The third-order valence-corrected chi connectivity index (χ3v) is 6.91. The van der Waals surface area contributed by atoms with Crippen LogP contribution in [0.2, 0.25) is 0 Å². The van der Waals surface area contributed by atoms with Crippen LogP contribution in [0.3, 0.4) is 0 Å². The van der Waals surface area contributed by atoms with Gasteiger partial charge >= 0.3 is 0 Å². The van der Waals surface area contributed by atoms with Gasteiger partial charge in [-0.2, -0.15) is 10.2 Å². The molecule has 35 heavy (non-hydrogen) atoms. The van der Waals surface area contributed by atoms with Crippen LogP contribution in [0.15, 0.2) is 40.9 Å². The van der Waals surface area contributed by atoms with Gasteiger partial charge in [0.25, 0.3) is 5.89 Å². The Labute approximate surface area is 204 Å². The van der Waals surface area contributed by atoms with Gasteiger partial charge in [0.15, 0.2) is 0 Å². The number of benzene rings is 2. The molecule has 0 radical (unpaired) electrons. The second-order valence-corrected chi connectivity index (χ2v) is 9.59. The Balaban J connectivity index is 1.49. The van der Waals surface area contributed by atoms with Crippen LogP contribution >= 0.6 is 0 Å². The molecule has 1 aliphatic heterocycles. The summed E-state index contributed by atoms with van der Waals surface area (Å²) in [7, 11) is 0. The Morgan fingerprint density at radius 2 is 2.17 bits per heavy atom. The zero-order chi connectivity index (χ0) is 24.6. The number of aliphatic hydroxyl groups is 1. The summed E-state index contributed by atoms with van der Waals surface area (Å²) in [5.41, 5.74) is 4.06. The first-order chi connectivity index (χ1) is 16.9. The molecule has 1 atom stereocenters. The molecule has 1 amide bonds. The minimum atomic E-state index is -0.240. The molecule has 1 spiro atoms. The van der Waals surface area contributed by atoms with E-state index in [9.17, 15) is 15.2 Å². The van der Waals surface area contributed by atoms with E-state index in [0.717, 1.165) is 30.4 Å². The fourth-order valence-electron chi connectivity index (χ4n) is 5.44. The highest BCUT2D eigenvalue weighted by Gasteiger charge is 2.46. The molecule has 8 heteroatoms. The highest BCUT2D eigenvalue weighted by Crippen LogP contribution is 2.46. The lowest BCUT2D eigenvalue weighted by Crippen LogP contribution is -2.36. The third kappa shape index (κ3) is 4.17. The first kappa shape index (κ1) is 23.1. The largest absolute Gasteiger partial charge is 0.490 e. The van der Waals surface area contributed by atoms with Crippen molar-refractivity contribution in [1.82, 2.24) is 15.0 Å². The maximum atomic E-state index is 12.6. The van der Waals surface area contributed by atoms with Gasteiger partial charge in [-0.15, -0.1) is 0 Å². The molecule has 5 rings (SSSR count). The lowest BCUT2D eigenvalue weighted by molar-refractivity contribution is -0.128. The zero-order valence-corrected chi connectivity index (χ0v) is 20.0. The number of fused-ring (bicyclic) bond motifs is 2. The van der Waals surface area contributed by atoms with Gasteiger partial charge in [-0.3, -0.25) is 4.79 Å². The van der Waals surface area contributed by atoms with Crippen LogP contribution in [0, 0.1) is 11.3 Å². The van der Waals surface area contributed by atoms with Gasteiger partial charge in [0, 0.05) is 36.1 Å². The molecule has 2 aromatic carbocycles. The van der Waals surface area contributed by atoms with E-state index in [-0.39, 0.29) is 24.0 Å². The molecule has 8 nitrogen and oxygen atoms in total. The lowest BCUT2D eigenvalue weighted by Gasteiger charge is -2.36. The number of amides is 1. The quantitative estimate of drug-likeness (QED) is 0.580. The molecule has 1 aromatic heterocycles. The van der Waals surface area contributed by atoms with Crippen LogP contribution in [0.5, 0.6) is 5.75 Å². The molecule has 0 bridgehead atoms. The number of aromatic nitrogens is 2. The average molecular weight is 473 g/mol. The lowest BCUT2D eigenvalue weighted by atomic mass is 9.68. The number of β-amino-alcohol motifs (C(OH)–C–C–N with tert-alkyl or cyclic N) is 1. The topological polar surface area (TPSA) is 112 Å². The van der Waals surface area contributed by atoms with E-state index in [4.69, 9.17) is 9.26 Å². The van der Waals surface area contributed by atoms with Crippen molar-refractivity contribution in [2.75, 3.05) is 19.7 Å². The number of hydrogen-bond donors (Lipinski definition) is 1. The Morgan fingerprint density at radius 3 is 2.94 bits per heavy atom. The van der Waals surface area contributed by atoms with Crippen LogP contribution < -0.4 is 4.74 Å². The van der Waals surface area contributed by atoms with E-state index in [1.54, 1.807) is 17.0 Å². The predicted molar refractivity (Wildman–Crippen MR) is 129 cm³/mol. The molecule has 180 valence electrons. The van der Waals surface area contributed by atoms with Crippen LogP contribution in [0.1, 0.15) is 49.8 Å². The Hall–Kier alpha value is -3.70. The standard InChI is InChI=1S/C27H28N4O4/c1-17(2)34-23-9-8-18(13-19(23)15-28)26-29-25(30-35-26)21-5-3-7-22-20(21)6-4-10-27(22)14-24(33)31(16-27)11-12-32/h3,5,7-9,13,17,32H,4,6,10-12,14,16H2,1-2H3/t27-/m1/s1. The zero-order valence-electron chi connectivity index (χ0n) is 20.0. The van der Waals surface area contributed by atoms with Crippen molar-refractivity contribution < 1.29 is 19.2 Å². The average Bonchev–Trinajstić information content (AvgIpc) is 3.45. The molecule has 1 saturated heterocycles. The molecular formula is C27H28N4O4. The molecule has 1 N–H and O–H groups in total. The summed E-state index contributed by atoms with van der Waals surface area (Å²) >= 11 is 0. The smallest absolute Gasteiger partial charge is 0.258 e. The second-order valence-electron chi connectivity index (χ2n) is 9.59. The van der Waals surface area contributed by atoms with E-state index < -0.39 is 0 Å². The van der Waals surface area contributed by atoms with Gasteiger partial charge in [0.1, 0.15) is 11.8 Å². The van der Waals surface area contributed by atoms with Crippen LogP contribution in [-0.2, 0) is 16.6 Å². The molecule has 2 aliphatic rings. The number of aliphatic hydroxyl groups excluding tert-OH is 1. The summed E-state index contributed by atoms with van der Waals surface area (Å²) in [6.45, 7) is 4.79. The van der Waals surface area contributed by atoms with Crippen LogP contribution in [0.25, 0.3) is 22.8 Å². The Morgan fingerprint density at radius 1 is 1.31 bits per heavy atom. The molecular weight excluding hydrogens is 444 g/mol. The number of likely N-dealkylation sites (tertiary alicyclic amines) is 1. The third-order valence-electron chi connectivity index (χ3n) is 6.91. The fourth-order valence-corrected chi connectivity index (χ4v) is 5.44. The number of nitriles is 1. The Bertz CT molecular complexity index is 1310. The maximum Gasteiger partial charge on any atom is 0.258 e. The number of carbonyl (C=O) groups excluding carboxylic acids is 1. The first-order valence-electron chi connectivity index (χ1n) is 12.0. The van der Waals surface area contributed by atoms with E-state index in [2.05, 4.69) is 22.3 Å². The Kier molecular flexibility index (Phi) is 6.03. The summed E-state index contributed by atoms with van der Waals surface area (Å²) in [6.07, 6.45) is 3.21. The molecule has 2 heterocycles.